The van der Waals surface area contributed by atoms with Gasteiger partial charge in [0, 0.05) is 12.1 Å². The Kier molecular flexibility index (Phi) is 8.32. The smallest absolute Gasteiger partial charge is 0.255 e. The Morgan fingerprint density at radius 1 is 1.06 bits per heavy atom. The average molecular weight is 488 g/mol. The van der Waals surface area contributed by atoms with Gasteiger partial charge in [0.1, 0.15) is 5.82 Å². The van der Waals surface area contributed by atoms with Crippen LogP contribution < -0.4 is 5.43 Å². The van der Waals surface area contributed by atoms with Crippen molar-refractivity contribution in [2.45, 2.75) is 18.2 Å². The molecule has 0 aliphatic carbocycles. The summed E-state index contributed by atoms with van der Waals surface area (Å²) in [5.41, 5.74) is 4.13. The number of nitrogens with one attached hydrogen (secondary N) is 1. The number of hydrogen-bond donors (Lipinski definition) is 1. The van der Waals surface area contributed by atoms with E-state index in [0.29, 0.717) is 6.42 Å². The molecule has 0 spiro atoms. The second-order valence-corrected chi connectivity index (χ2v) is 9.66. The molecule has 0 bridgehead atoms. The summed E-state index contributed by atoms with van der Waals surface area (Å²) in [6, 6.07) is 20.0. The Morgan fingerprint density at radius 3 is 2.42 bits per heavy atom. The maximum absolute atomic E-state index is 13.8. The van der Waals surface area contributed by atoms with E-state index < -0.39 is 28.3 Å². The minimum atomic E-state index is -3.93. The van der Waals surface area contributed by atoms with Crippen LogP contribution in [0.3, 0.4) is 0 Å². The average Bonchev–Trinajstić information content (AvgIpc) is 2.79. The molecule has 0 aromatic heterocycles. The molecule has 3 aromatic carbocycles. The SMILES string of the molecule is Cc1ccc(S(=O)(=O)N(CCc2ccccc2)CC(=O)N/N=C\c2c(F)cccc2Cl)cc1. The van der Waals surface area contributed by atoms with Crippen molar-refractivity contribution in [2.75, 3.05) is 13.1 Å². The van der Waals surface area contributed by atoms with Gasteiger partial charge in [-0.1, -0.05) is 65.7 Å². The van der Waals surface area contributed by atoms with Crippen LogP contribution in [-0.4, -0.2) is 37.9 Å². The number of sulfonamides is 1. The fraction of sp³-hybridized carbons (Fsp3) is 0.167. The molecule has 0 heterocycles. The summed E-state index contributed by atoms with van der Waals surface area (Å²) in [5.74, 6) is -1.26. The molecule has 33 heavy (non-hydrogen) atoms. The number of carbonyl (C=O) groups excluding carboxylic acids is 1. The molecule has 3 rings (SSSR count). The Bertz CT molecular complexity index is 1210. The quantitative estimate of drug-likeness (QED) is 0.363. The summed E-state index contributed by atoms with van der Waals surface area (Å²) in [7, 11) is -3.93. The van der Waals surface area contributed by atoms with Gasteiger partial charge in [-0.15, -0.1) is 0 Å². The van der Waals surface area contributed by atoms with Crippen LogP contribution in [0.2, 0.25) is 5.02 Å². The van der Waals surface area contributed by atoms with Gasteiger partial charge in [-0.25, -0.2) is 18.2 Å². The zero-order valence-electron chi connectivity index (χ0n) is 17.9. The Hall–Kier alpha value is -3.07. The molecular weight excluding hydrogens is 465 g/mol. The third kappa shape index (κ3) is 6.71. The molecule has 0 saturated heterocycles. The number of amides is 1. The van der Waals surface area contributed by atoms with Crippen molar-refractivity contribution in [1.82, 2.24) is 9.73 Å². The minimum Gasteiger partial charge on any atom is -0.272 e. The third-order valence-corrected chi connectivity index (χ3v) is 7.04. The first-order chi connectivity index (χ1) is 15.8. The highest BCUT2D eigenvalue weighted by molar-refractivity contribution is 7.89. The van der Waals surface area contributed by atoms with Gasteiger partial charge >= 0.3 is 0 Å². The van der Waals surface area contributed by atoms with Gasteiger partial charge in [-0.2, -0.15) is 9.41 Å². The predicted molar refractivity (Wildman–Crippen MR) is 127 cm³/mol. The molecule has 172 valence electrons. The molecule has 3 aromatic rings. The maximum Gasteiger partial charge on any atom is 0.255 e. The van der Waals surface area contributed by atoms with Crippen LogP contribution >= 0.6 is 11.6 Å². The number of benzene rings is 3. The van der Waals surface area contributed by atoms with E-state index in [1.807, 2.05) is 37.3 Å². The number of carbonyl (C=O) groups is 1. The summed E-state index contributed by atoms with van der Waals surface area (Å²) in [6.07, 6.45) is 1.51. The van der Waals surface area contributed by atoms with E-state index in [0.717, 1.165) is 21.6 Å². The number of rotatable bonds is 9. The first kappa shape index (κ1) is 24.6. The second-order valence-electron chi connectivity index (χ2n) is 7.32. The number of nitrogens with zero attached hydrogens (tertiary/aromatic N) is 2. The summed E-state index contributed by atoms with van der Waals surface area (Å²) in [4.78, 5) is 12.6. The van der Waals surface area contributed by atoms with Crippen LogP contribution in [0.15, 0.2) is 82.8 Å². The fourth-order valence-corrected chi connectivity index (χ4v) is 4.65. The van der Waals surface area contributed by atoms with Gasteiger partial charge < -0.3 is 0 Å². The number of hydrazone groups is 1. The molecule has 0 radical (unpaired) electrons. The largest absolute Gasteiger partial charge is 0.272 e. The lowest BCUT2D eigenvalue weighted by Crippen LogP contribution is -2.40. The van der Waals surface area contributed by atoms with E-state index in [1.54, 1.807) is 12.1 Å². The first-order valence-corrected chi connectivity index (χ1v) is 12.0. The normalized spacial score (nSPS) is 11.8. The lowest BCUT2D eigenvalue weighted by Gasteiger charge is -2.21. The minimum absolute atomic E-state index is 0.0210. The van der Waals surface area contributed by atoms with Gasteiger partial charge in [0.15, 0.2) is 0 Å². The standard InChI is InChI=1S/C24H23ClFN3O3S/c1-18-10-12-20(13-11-18)33(31,32)29(15-14-19-6-3-2-4-7-19)17-24(30)28-27-16-21-22(25)8-5-9-23(21)26/h2-13,16H,14-15,17H2,1H3,(H,28,30)/b27-16-. The van der Waals surface area contributed by atoms with Gasteiger partial charge in [0.2, 0.25) is 10.0 Å². The summed E-state index contributed by atoms with van der Waals surface area (Å²) < 4.78 is 41.4. The van der Waals surface area contributed by atoms with Crippen molar-refractivity contribution in [2.24, 2.45) is 5.10 Å². The van der Waals surface area contributed by atoms with E-state index >= 15 is 0 Å². The Labute approximate surface area is 197 Å². The number of halogens is 2. The highest BCUT2D eigenvalue weighted by Crippen LogP contribution is 2.18. The van der Waals surface area contributed by atoms with Crippen molar-refractivity contribution in [3.63, 3.8) is 0 Å². The second kappa shape index (κ2) is 11.2. The molecule has 0 atom stereocenters. The number of aryl methyl sites for hydroxylation is 1. The van der Waals surface area contributed by atoms with Crippen LogP contribution in [0.25, 0.3) is 0 Å². The van der Waals surface area contributed by atoms with E-state index in [-0.39, 0.29) is 22.0 Å². The Balaban J connectivity index is 1.76. The summed E-state index contributed by atoms with van der Waals surface area (Å²) in [6.45, 7) is 1.50. The monoisotopic (exact) mass is 487 g/mol. The summed E-state index contributed by atoms with van der Waals surface area (Å²) in [5, 5.41) is 3.87. The molecule has 1 amide bonds. The van der Waals surface area contributed by atoms with E-state index in [9.17, 15) is 17.6 Å². The third-order valence-electron chi connectivity index (χ3n) is 4.85. The van der Waals surface area contributed by atoms with Crippen molar-refractivity contribution < 1.29 is 17.6 Å². The first-order valence-electron chi connectivity index (χ1n) is 10.1. The molecule has 0 unspecified atom stereocenters. The van der Waals surface area contributed by atoms with Crippen LogP contribution in [0.1, 0.15) is 16.7 Å². The molecule has 6 nitrogen and oxygen atoms in total. The van der Waals surface area contributed by atoms with Crippen LogP contribution in [0.4, 0.5) is 4.39 Å². The molecule has 0 saturated carbocycles. The lowest BCUT2D eigenvalue weighted by molar-refractivity contribution is -0.121. The Morgan fingerprint density at radius 2 is 1.76 bits per heavy atom. The van der Waals surface area contributed by atoms with Crippen LogP contribution in [0.5, 0.6) is 0 Å². The van der Waals surface area contributed by atoms with E-state index in [4.69, 9.17) is 11.6 Å². The summed E-state index contributed by atoms with van der Waals surface area (Å²) >= 11 is 5.94. The predicted octanol–water partition coefficient (Wildman–Crippen LogP) is 4.17. The highest BCUT2D eigenvalue weighted by atomic mass is 35.5. The van der Waals surface area contributed by atoms with Gasteiger partial charge in [-0.3, -0.25) is 4.79 Å². The zero-order valence-corrected chi connectivity index (χ0v) is 19.5. The number of hydrogen-bond acceptors (Lipinski definition) is 4. The van der Waals surface area contributed by atoms with E-state index in [1.165, 1.54) is 30.3 Å². The van der Waals surface area contributed by atoms with Crippen LogP contribution in [-0.2, 0) is 21.2 Å². The molecule has 0 aliphatic heterocycles. The molecule has 1 N–H and O–H groups in total. The van der Waals surface area contributed by atoms with Gasteiger partial charge in [-0.05, 0) is 43.2 Å². The zero-order chi connectivity index (χ0) is 23.8. The molecular formula is C24H23ClFN3O3S. The van der Waals surface area contributed by atoms with Gasteiger partial charge in [0.25, 0.3) is 5.91 Å². The van der Waals surface area contributed by atoms with Crippen molar-refractivity contribution in [3.05, 3.63) is 100 Å². The maximum atomic E-state index is 13.8. The van der Waals surface area contributed by atoms with Crippen molar-refractivity contribution >= 4 is 33.7 Å². The van der Waals surface area contributed by atoms with Crippen molar-refractivity contribution in [3.8, 4) is 0 Å². The van der Waals surface area contributed by atoms with Gasteiger partial charge in [0.05, 0.1) is 22.7 Å². The van der Waals surface area contributed by atoms with Crippen LogP contribution in [0, 0.1) is 12.7 Å². The fourth-order valence-electron chi connectivity index (χ4n) is 3.04. The molecule has 0 aliphatic rings. The molecule has 0 fully saturated rings. The molecule has 9 heteroatoms. The van der Waals surface area contributed by atoms with Crippen molar-refractivity contribution in [1.29, 1.82) is 0 Å². The van der Waals surface area contributed by atoms with E-state index in [2.05, 4.69) is 10.5 Å². The topological polar surface area (TPSA) is 78.8 Å². The lowest BCUT2D eigenvalue weighted by atomic mass is 10.1. The highest BCUT2D eigenvalue weighted by Gasteiger charge is 2.26.